The number of hydrogen-bond donors (Lipinski definition) is 2. The van der Waals surface area contributed by atoms with Gasteiger partial charge in [-0.1, -0.05) is 35.9 Å². The molecule has 1 fully saturated rings. The first-order chi connectivity index (χ1) is 13.0. The third-order valence-corrected chi connectivity index (χ3v) is 5.02. The van der Waals surface area contributed by atoms with Crippen LogP contribution >= 0.6 is 0 Å². The van der Waals surface area contributed by atoms with Gasteiger partial charge in [0, 0.05) is 17.3 Å². The molecule has 2 N–H and O–H groups in total. The number of rotatable bonds is 5. The van der Waals surface area contributed by atoms with Crippen molar-refractivity contribution in [2.24, 2.45) is 5.92 Å². The van der Waals surface area contributed by atoms with Crippen molar-refractivity contribution in [2.75, 3.05) is 30.3 Å². The van der Waals surface area contributed by atoms with Gasteiger partial charge in [-0.2, -0.15) is 0 Å². The Morgan fingerprint density at radius 2 is 1.70 bits per heavy atom. The first kappa shape index (κ1) is 19.1. The lowest BCUT2D eigenvalue weighted by molar-refractivity contribution is -0.121. The summed E-state index contributed by atoms with van der Waals surface area (Å²) in [6.07, 6.45) is 1.55. The second-order valence-corrected chi connectivity index (χ2v) is 7.27. The van der Waals surface area contributed by atoms with Gasteiger partial charge in [0.25, 0.3) is 0 Å². The van der Waals surface area contributed by atoms with Gasteiger partial charge < -0.3 is 10.6 Å². The largest absolute Gasteiger partial charge is 0.326 e. The topological polar surface area (TPSA) is 61.4 Å². The van der Waals surface area contributed by atoms with Gasteiger partial charge in [-0.25, -0.2) is 0 Å². The molecule has 0 spiro atoms. The minimum atomic E-state index is -0.00543. The Balaban J connectivity index is 1.45. The number of amides is 2. The zero-order chi connectivity index (χ0) is 19.2. The fourth-order valence-electron chi connectivity index (χ4n) is 3.47. The fraction of sp³-hybridized carbons (Fsp3) is 0.364. The summed E-state index contributed by atoms with van der Waals surface area (Å²) in [6.45, 7) is 5.91. The Hall–Kier alpha value is -2.66. The molecule has 5 heteroatoms. The van der Waals surface area contributed by atoms with Gasteiger partial charge in [-0.15, -0.1) is 0 Å². The number of anilines is 2. The number of piperidine rings is 1. The molecule has 27 heavy (non-hydrogen) atoms. The molecule has 0 bridgehead atoms. The number of benzene rings is 2. The van der Waals surface area contributed by atoms with Crippen molar-refractivity contribution >= 4 is 23.2 Å². The van der Waals surface area contributed by atoms with Crippen LogP contribution in [-0.4, -0.2) is 36.3 Å². The number of carbonyl (C=O) groups excluding carboxylic acids is 2. The summed E-state index contributed by atoms with van der Waals surface area (Å²) in [5.41, 5.74) is 3.95. The van der Waals surface area contributed by atoms with Gasteiger partial charge in [0.2, 0.25) is 11.8 Å². The number of hydrogen-bond acceptors (Lipinski definition) is 3. The average molecular weight is 365 g/mol. The highest BCUT2D eigenvalue weighted by molar-refractivity contribution is 5.93. The number of nitrogens with zero attached hydrogens (tertiary/aromatic N) is 1. The van der Waals surface area contributed by atoms with Crippen LogP contribution in [0.3, 0.4) is 0 Å². The summed E-state index contributed by atoms with van der Waals surface area (Å²) in [5.74, 6) is 0.0681. The molecule has 1 aliphatic heterocycles. The van der Waals surface area contributed by atoms with E-state index in [0.29, 0.717) is 6.54 Å². The highest BCUT2D eigenvalue weighted by atomic mass is 16.2. The van der Waals surface area contributed by atoms with Crippen molar-refractivity contribution in [2.45, 2.75) is 26.7 Å². The van der Waals surface area contributed by atoms with Crippen LogP contribution in [0.15, 0.2) is 48.5 Å². The molecule has 0 aromatic heterocycles. The molecule has 0 saturated carbocycles. The number of likely N-dealkylation sites (tertiary alicyclic amines) is 1. The average Bonchev–Trinajstić information content (AvgIpc) is 2.65. The number of aryl methyl sites for hydroxylation is 2. The van der Waals surface area contributed by atoms with Gasteiger partial charge >= 0.3 is 0 Å². The van der Waals surface area contributed by atoms with Gasteiger partial charge in [-0.05, 0) is 63.5 Å². The SMILES string of the molecule is Cc1ccc(NC(=O)CN2CCC(C(=O)Nc3ccccc3)CC2)c(C)c1. The third-order valence-electron chi connectivity index (χ3n) is 5.02. The molecule has 1 aliphatic rings. The summed E-state index contributed by atoms with van der Waals surface area (Å²) in [4.78, 5) is 26.9. The lowest BCUT2D eigenvalue weighted by Crippen LogP contribution is -2.41. The van der Waals surface area contributed by atoms with Crippen LogP contribution in [0.5, 0.6) is 0 Å². The van der Waals surface area contributed by atoms with Crippen LogP contribution < -0.4 is 10.6 Å². The Morgan fingerprint density at radius 3 is 2.37 bits per heavy atom. The molecule has 0 radical (unpaired) electrons. The van der Waals surface area contributed by atoms with E-state index in [2.05, 4.69) is 21.6 Å². The zero-order valence-electron chi connectivity index (χ0n) is 16.0. The molecule has 0 atom stereocenters. The summed E-state index contributed by atoms with van der Waals surface area (Å²) in [5, 5.41) is 5.97. The molecule has 5 nitrogen and oxygen atoms in total. The Morgan fingerprint density at radius 1 is 1.00 bits per heavy atom. The van der Waals surface area contributed by atoms with Crippen molar-refractivity contribution in [3.63, 3.8) is 0 Å². The standard InChI is InChI=1S/C22H27N3O2/c1-16-8-9-20(17(2)14-16)24-21(26)15-25-12-10-18(11-13-25)22(27)23-19-6-4-3-5-7-19/h3-9,14,18H,10-13,15H2,1-2H3,(H,23,27)(H,24,26). The van der Waals surface area contributed by atoms with Crippen LogP contribution in [0.4, 0.5) is 11.4 Å². The lowest BCUT2D eigenvalue weighted by atomic mass is 9.96. The maximum Gasteiger partial charge on any atom is 0.238 e. The molecular weight excluding hydrogens is 338 g/mol. The van der Waals surface area contributed by atoms with Crippen LogP contribution in [0.1, 0.15) is 24.0 Å². The fourth-order valence-corrected chi connectivity index (χ4v) is 3.47. The van der Waals surface area contributed by atoms with Crippen molar-refractivity contribution in [3.8, 4) is 0 Å². The van der Waals surface area contributed by atoms with Crippen molar-refractivity contribution < 1.29 is 9.59 Å². The van der Waals surface area contributed by atoms with Crippen LogP contribution in [0.25, 0.3) is 0 Å². The number of carbonyl (C=O) groups is 2. The lowest BCUT2D eigenvalue weighted by Gasteiger charge is -2.30. The quantitative estimate of drug-likeness (QED) is 0.851. The molecule has 2 amide bonds. The minimum Gasteiger partial charge on any atom is -0.326 e. The molecule has 1 heterocycles. The summed E-state index contributed by atoms with van der Waals surface area (Å²) >= 11 is 0. The number of para-hydroxylation sites is 1. The second-order valence-electron chi connectivity index (χ2n) is 7.27. The Kier molecular flexibility index (Phi) is 6.24. The van der Waals surface area contributed by atoms with E-state index in [1.165, 1.54) is 5.56 Å². The zero-order valence-corrected chi connectivity index (χ0v) is 16.0. The van der Waals surface area contributed by atoms with Crippen molar-refractivity contribution in [1.29, 1.82) is 0 Å². The minimum absolute atomic E-state index is 0.00357. The van der Waals surface area contributed by atoms with Crippen LogP contribution in [0, 0.1) is 19.8 Å². The molecular formula is C22H27N3O2. The molecule has 1 saturated heterocycles. The maximum atomic E-state index is 12.4. The third kappa shape index (κ3) is 5.41. The maximum absolute atomic E-state index is 12.4. The second kappa shape index (κ2) is 8.82. The van der Waals surface area contributed by atoms with E-state index in [1.807, 2.05) is 56.3 Å². The van der Waals surface area contributed by atoms with E-state index < -0.39 is 0 Å². The predicted octanol–water partition coefficient (Wildman–Crippen LogP) is 3.59. The van der Waals surface area contributed by atoms with E-state index in [-0.39, 0.29) is 17.7 Å². The molecule has 0 unspecified atom stereocenters. The normalized spacial score (nSPS) is 15.3. The highest BCUT2D eigenvalue weighted by Crippen LogP contribution is 2.20. The van der Waals surface area contributed by atoms with Crippen LogP contribution in [0.2, 0.25) is 0 Å². The summed E-state index contributed by atoms with van der Waals surface area (Å²) in [7, 11) is 0. The van der Waals surface area contributed by atoms with Gasteiger partial charge in [-0.3, -0.25) is 14.5 Å². The van der Waals surface area contributed by atoms with E-state index in [9.17, 15) is 9.59 Å². The number of nitrogens with one attached hydrogen (secondary N) is 2. The van der Waals surface area contributed by atoms with Crippen molar-refractivity contribution in [3.05, 3.63) is 59.7 Å². The Labute approximate surface area is 160 Å². The highest BCUT2D eigenvalue weighted by Gasteiger charge is 2.26. The monoisotopic (exact) mass is 365 g/mol. The summed E-state index contributed by atoms with van der Waals surface area (Å²) in [6, 6.07) is 15.5. The van der Waals surface area contributed by atoms with E-state index in [0.717, 1.165) is 42.9 Å². The summed E-state index contributed by atoms with van der Waals surface area (Å²) < 4.78 is 0. The predicted molar refractivity (Wildman–Crippen MR) is 109 cm³/mol. The van der Waals surface area contributed by atoms with Crippen molar-refractivity contribution in [1.82, 2.24) is 4.90 Å². The molecule has 0 aliphatic carbocycles. The van der Waals surface area contributed by atoms with Gasteiger partial charge in [0.1, 0.15) is 0 Å². The van der Waals surface area contributed by atoms with Gasteiger partial charge in [0.05, 0.1) is 6.54 Å². The smallest absolute Gasteiger partial charge is 0.238 e. The molecule has 3 rings (SSSR count). The Bertz CT molecular complexity index is 796. The van der Waals surface area contributed by atoms with Crippen LogP contribution in [-0.2, 0) is 9.59 Å². The molecule has 2 aromatic rings. The van der Waals surface area contributed by atoms with E-state index >= 15 is 0 Å². The first-order valence-electron chi connectivity index (χ1n) is 9.46. The van der Waals surface area contributed by atoms with Gasteiger partial charge in [0.15, 0.2) is 0 Å². The molecule has 2 aromatic carbocycles. The van der Waals surface area contributed by atoms with E-state index in [1.54, 1.807) is 0 Å². The molecule has 142 valence electrons. The van der Waals surface area contributed by atoms with E-state index in [4.69, 9.17) is 0 Å². The first-order valence-corrected chi connectivity index (χ1v) is 9.46.